The first-order valence-electron chi connectivity index (χ1n) is 5.60. The van der Waals surface area contributed by atoms with Crippen LogP contribution >= 0.6 is 11.3 Å². The van der Waals surface area contributed by atoms with Gasteiger partial charge in [-0.05, 0) is 6.07 Å². The monoisotopic (exact) mass is 281 g/mol. The van der Waals surface area contributed by atoms with Crippen LogP contribution in [0.1, 0.15) is 16.1 Å². The lowest BCUT2D eigenvalue weighted by Gasteiger charge is -2.06. The molecule has 0 unspecified atom stereocenters. The van der Waals surface area contributed by atoms with Gasteiger partial charge < -0.3 is 5.73 Å². The Hall–Kier alpha value is -2.85. The van der Waals surface area contributed by atoms with E-state index in [4.69, 9.17) is 11.0 Å². The van der Waals surface area contributed by atoms with Gasteiger partial charge in [0.1, 0.15) is 11.8 Å². The minimum atomic E-state index is -0.654. The Morgan fingerprint density at radius 3 is 2.85 bits per heavy atom. The molecule has 7 heteroatoms. The number of hydrogen-bond acceptors (Lipinski definition) is 6. The Kier molecular flexibility index (Phi) is 2.85. The Balaban J connectivity index is 2.41. The lowest BCUT2D eigenvalue weighted by atomic mass is 10.1. The molecule has 1 aromatic carbocycles. The molecule has 2 aromatic heterocycles. The quantitative estimate of drug-likeness (QED) is 0.769. The number of hydrogen-bond donors (Lipinski definition) is 1. The standard InChI is InChI=1S/C13H7N5OS/c14-4-7-2-1-3-8-10(7)17-13(9-5-16-6-20-9)18-11(8)12(15)19/h1-3,5-6H,(H2,15,19). The second kappa shape index (κ2) is 4.68. The first kappa shape index (κ1) is 12.2. The van der Waals surface area contributed by atoms with Gasteiger partial charge in [0.15, 0.2) is 5.82 Å². The highest BCUT2D eigenvalue weighted by Crippen LogP contribution is 2.25. The molecule has 20 heavy (non-hydrogen) atoms. The van der Waals surface area contributed by atoms with E-state index < -0.39 is 5.91 Å². The highest BCUT2D eigenvalue weighted by molar-refractivity contribution is 7.13. The van der Waals surface area contributed by atoms with Gasteiger partial charge in [0.2, 0.25) is 0 Å². The fourth-order valence-corrected chi connectivity index (χ4v) is 2.42. The molecule has 6 nitrogen and oxygen atoms in total. The summed E-state index contributed by atoms with van der Waals surface area (Å²) in [5.41, 5.74) is 7.91. The van der Waals surface area contributed by atoms with E-state index in [0.717, 1.165) is 0 Å². The summed E-state index contributed by atoms with van der Waals surface area (Å²) >= 11 is 1.35. The number of amides is 1. The molecule has 0 aliphatic heterocycles. The summed E-state index contributed by atoms with van der Waals surface area (Å²) in [5, 5.41) is 9.63. The number of carbonyl (C=O) groups excluding carboxylic acids is 1. The Bertz CT molecular complexity index is 851. The van der Waals surface area contributed by atoms with Gasteiger partial charge in [0.05, 0.1) is 21.5 Å². The van der Waals surface area contributed by atoms with Gasteiger partial charge >= 0.3 is 0 Å². The number of benzene rings is 1. The normalized spacial score (nSPS) is 10.3. The predicted molar refractivity (Wildman–Crippen MR) is 73.9 cm³/mol. The number of nitriles is 1. The summed E-state index contributed by atoms with van der Waals surface area (Å²) in [4.78, 5) is 24.8. The molecule has 0 bridgehead atoms. The first-order valence-corrected chi connectivity index (χ1v) is 6.48. The molecule has 96 valence electrons. The molecule has 0 saturated carbocycles. The zero-order valence-electron chi connectivity index (χ0n) is 10.1. The van der Waals surface area contributed by atoms with E-state index in [2.05, 4.69) is 21.0 Å². The van der Waals surface area contributed by atoms with Crippen molar-refractivity contribution in [1.29, 1.82) is 5.26 Å². The van der Waals surface area contributed by atoms with Crippen molar-refractivity contribution in [3.05, 3.63) is 41.2 Å². The van der Waals surface area contributed by atoms with Crippen molar-refractivity contribution in [3.8, 4) is 16.8 Å². The molecule has 3 rings (SSSR count). The molecule has 0 aliphatic carbocycles. The molecule has 3 aromatic rings. The maximum absolute atomic E-state index is 11.6. The third-order valence-corrected chi connectivity index (χ3v) is 3.50. The highest BCUT2D eigenvalue weighted by atomic mass is 32.1. The van der Waals surface area contributed by atoms with E-state index >= 15 is 0 Å². The summed E-state index contributed by atoms with van der Waals surface area (Å²) in [6.07, 6.45) is 1.60. The largest absolute Gasteiger partial charge is 0.364 e. The van der Waals surface area contributed by atoms with E-state index in [1.807, 2.05) is 0 Å². The topological polar surface area (TPSA) is 106 Å². The van der Waals surface area contributed by atoms with Crippen LogP contribution in [0, 0.1) is 11.3 Å². The molecule has 0 saturated heterocycles. The van der Waals surface area contributed by atoms with Crippen molar-refractivity contribution in [1.82, 2.24) is 15.0 Å². The van der Waals surface area contributed by atoms with Crippen molar-refractivity contribution in [3.63, 3.8) is 0 Å². The lowest BCUT2D eigenvalue weighted by Crippen LogP contribution is -2.15. The lowest BCUT2D eigenvalue weighted by molar-refractivity contribution is 0.0997. The van der Waals surface area contributed by atoms with Crippen LogP contribution in [0.25, 0.3) is 21.6 Å². The Morgan fingerprint density at radius 1 is 1.35 bits per heavy atom. The summed E-state index contributed by atoms with van der Waals surface area (Å²) < 4.78 is 0. The first-order chi connectivity index (χ1) is 9.70. The molecule has 0 spiro atoms. The summed E-state index contributed by atoms with van der Waals surface area (Å²) in [6.45, 7) is 0. The molecule has 0 radical (unpaired) electrons. The maximum Gasteiger partial charge on any atom is 0.268 e. The molecule has 0 atom stereocenters. The zero-order valence-corrected chi connectivity index (χ0v) is 10.9. The van der Waals surface area contributed by atoms with E-state index in [9.17, 15) is 4.79 Å². The van der Waals surface area contributed by atoms with Gasteiger partial charge in [-0.3, -0.25) is 9.78 Å². The van der Waals surface area contributed by atoms with Crippen LogP contribution in [0.2, 0.25) is 0 Å². The van der Waals surface area contributed by atoms with Gasteiger partial charge in [-0.1, -0.05) is 12.1 Å². The fourth-order valence-electron chi connectivity index (χ4n) is 1.87. The molecule has 2 N–H and O–H groups in total. The Labute approximate surface area is 117 Å². The van der Waals surface area contributed by atoms with Crippen molar-refractivity contribution < 1.29 is 4.79 Å². The third-order valence-electron chi connectivity index (χ3n) is 2.73. The van der Waals surface area contributed by atoms with Crippen molar-refractivity contribution in [2.45, 2.75) is 0 Å². The van der Waals surface area contributed by atoms with Gasteiger partial charge in [0, 0.05) is 11.6 Å². The SMILES string of the molecule is N#Cc1cccc2c(C(N)=O)nc(-c3cncs3)nc12. The van der Waals surface area contributed by atoms with E-state index in [1.165, 1.54) is 11.3 Å². The molecule has 0 fully saturated rings. The molecule has 1 amide bonds. The van der Waals surface area contributed by atoms with Crippen LogP contribution in [0.5, 0.6) is 0 Å². The number of aromatic nitrogens is 3. The van der Waals surface area contributed by atoms with Crippen molar-refractivity contribution in [2.75, 3.05) is 0 Å². The van der Waals surface area contributed by atoms with Crippen molar-refractivity contribution >= 4 is 28.1 Å². The summed E-state index contributed by atoms with van der Waals surface area (Å²) in [7, 11) is 0. The third kappa shape index (κ3) is 1.88. The number of carbonyl (C=O) groups is 1. The number of primary amides is 1. The number of para-hydroxylation sites is 1. The Morgan fingerprint density at radius 2 is 2.20 bits per heavy atom. The van der Waals surface area contributed by atoms with Gasteiger partial charge in [-0.2, -0.15) is 5.26 Å². The average Bonchev–Trinajstić information content (AvgIpc) is 2.99. The van der Waals surface area contributed by atoms with Gasteiger partial charge in [0.25, 0.3) is 5.91 Å². The maximum atomic E-state index is 11.6. The fraction of sp³-hybridized carbons (Fsp3) is 0. The summed E-state index contributed by atoms with van der Waals surface area (Å²) in [6, 6.07) is 7.03. The van der Waals surface area contributed by atoms with Gasteiger partial charge in [-0.15, -0.1) is 11.3 Å². The molecular weight excluding hydrogens is 274 g/mol. The van der Waals surface area contributed by atoms with Crippen LogP contribution in [0.3, 0.4) is 0 Å². The van der Waals surface area contributed by atoms with E-state index in [-0.39, 0.29) is 5.69 Å². The highest BCUT2D eigenvalue weighted by Gasteiger charge is 2.16. The smallest absolute Gasteiger partial charge is 0.268 e. The second-order valence-corrected chi connectivity index (χ2v) is 4.83. The molecular formula is C13H7N5OS. The number of fused-ring (bicyclic) bond motifs is 1. The average molecular weight is 281 g/mol. The van der Waals surface area contributed by atoms with Crippen LogP contribution in [-0.4, -0.2) is 20.9 Å². The number of rotatable bonds is 2. The van der Waals surface area contributed by atoms with Gasteiger partial charge in [-0.25, -0.2) is 9.97 Å². The minimum absolute atomic E-state index is 0.107. The van der Waals surface area contributed by atoms with Crippen molar-refractivity contribution in [2.24, 2.45) is 5.73 Å². The number of nitrogens with zero attached hydrogens (tertiary/aromatic N) is 4. The van der Waals surface area contributed by atoms with Crippen LogP contribution < -0.4 is 5.73 Å². The van der Waals surface area contributed by atoms with Crippen LogP contribution in [-0.2, 0) is 0 Å². The van der Waals surface area contributed by atoms with Crippen LogP contribution in [0.15, 0.2) is 29.9 Å². The van der Waals surface area contributed by atoms with Crippen LogP contribution in [0.4, 0.5) is 0 Å². The zero-order chi connectivity index (χ0) is 14.1. The molecule has 0 aliphatic rings. The van der Waals surface area contributed by atoms with E-state index in [0.29, 0.717) is 27.2 Å². The second-order valence-electron chi connectivity index (χ2n) is 3.94. The number of thiazole rings is 1. The minimum Gasteiger partial charge on any atom is -0.364 e. The summed E-state index contributed by atoms with van der Waals surface area (Å²) in [5.74, 6) is -0.310. The predicted octanol–water partition coefficient (Wildman–Crippen LogP) is 1.72. The van der Waals surface area contributed by atoms with E-state index in [1.54, 1.807) is 29.9 Å². The molecule has 2 heterocycles. The number of nitrogens with two attached hydrogens (primary N) is 1.